The van der Waals surface area contributed by atoms with Crippen molar-refractivity contribution in [1.29, 1.82) is 0 Å². The summed E-state index contributed by atoms with van der Waals surface area (Å²) in [5.41, 5.74) is 2.74. The smallest absolute Gasteiger partial charge is 0.318 e. The fourth-order valence-electron chi connectivity index (χ4n) is 3.47. The van der Waals surface area contributed by atoms with Gasteiger partial charge in [-0.2, -0.15) is 23.4 Å². The number of alkyl halides is 3. The van der Waals surface area contributed by atoms with E-state index < -0.39 is 17.6 Å². The van der Waals surface area contributed by atoms with Crippen LogP contribution in [0.1, 0.15) is 33.0 Å². The minimum atomic E-state index is -4.43. The molecule has 0 spiro atoms. The molecule has 176 valence electrons. The first-order valence-electron chi connectivity index (χ1n) is 10.0. The molecule has 0 aliphatic heterocycles. The SMILES string of the molecule is Cc1nn(Cc2cccc(C(F)(F)F)c2)c(C)c1NC(=O)c1cc(-c2ccc(Cl)c(Cl)c2)n[nH]1. The highest BCUT2D eigenvalue weighted by Crippen LogP contribution is 2.30. The van der Waals surface area contributed by atoms with Gasteiger partial charge in [-0.05, 0) is 49.7 Å². The lowest BCUT2D eigenvalue weighted by Crippen LogP contribution is -2.14. The Hall–Kier alpha value is -3.30. The third-order valence-electron chi connectivity index (χ3n) is 5.24. The number of anilines is 1. The lowest BCUT2D eigenvalue weighted by Gasteiger charge is -2.10. The number of aromatic amines is 1. The second kappa shape index (κ2) is 9.15. The van der Waals surface area contributed by atoms with E-state index in [4.69, 9.17) is 23.2 Å². The van der Waals surface area contributed by atoms with Crippen molar-refractivity contribution in [3.8, 4) is 11.3 Å². The molecule has 0 atom stereocenters. The number of nitrogens with one attached hydrogen (secondary N) is 2. The van der Waals surface area contributed by atoms with E-state index in [1.54, 1.807) is 48.9 Å². The highest BCUT2D eigenvalue weighted by Gasteiger charge is 2.30. The van der Waals surface area contributed by atoms with Gasteiger partial charge in [-0.25, -0.2) is 0 Å². The summed E-state index contributed by atoms with van der Waals surface area (Å²) in [6, 6.07) is 11.7. The molecule has 6 nitrogen and oxygen atoms in total. The number of aromatic nitrogens is 4. The van der Waals surface area contributed by atoms with E-state index >= 15 is 0 Å². The number of aryl methyl sites for hydroxylation is 1. The zero-order valence-electron chi connectivity index (χ0n) is 18.0. The molecule has 34 heavy (non-hydrogen) atoms. The predicted molar refractivity (Wildman–Crippen MR) is 124 cm³/mol. The molecule has 0 aliphatic carbocycles. The molecule has 2 heterocycles. The van der Waals surface area contributed by atoms with Gasteiger partial charge < -0.3 is 5.32 Å². The van der Waals surface area contributed by atoms with E-state index in [-0.39, 0.29) is 12.2 Å². The van der Waals surface area contributed by atoms with Crippen molar-refractivity contribution in [1.82, 2.24) is 20.0 Å². The molecule has 0 unspecified atom stereocenters. The summed E-state index contributed by atoms with van der Waals surface area (Å²) < 4.78 is 40.6. The Bertz CT molecular complexity index is 1380. The Morgan fingerprint density at radius 1 is 1.09 bits per heavy atom. The molecule has 2 aromatic heterocycles. The number of hydrogen-bond acceptors (Lipinski definition) is 3. The Morgan fingerprint density at radius 3 is 2.56 bits per heavy atom. The van der Waals surface area contributed by atoms with Gasteiger partial charge in [-0.1, -0.05) is 41.4 Å². The van der Waals surface area contributed by atoms with Crippen LogP contribution in [0.3, 0.4) is 0 Å². The van der Waals surface area contributed by atoms with Crippen molar-refractivity contribution in [2.75, 3.05) is 5.32 Å². The molecular weight excluding hydrogens is 490 g/mol. The molecule has 0 fully saturated rings. The van der Waals surface area contributed by atoms with E-state index in [0.29, 0.717) is 43.9 Å². The largest absolute Gasteiger partial charge is 0.416 e. The third kappa shape index (κ3) is 4.95. The first-order valence-corrected chi connectivity index (χ1v) is 10.8. The maximum absolute atomic E-state index is 13.0. The van der Waals surface area contributed by atoms with Gasteiger partial charge in [0.1, 0.15) is 5.69 Å². The lowest BCUT2D eigenvalue weighted by molar-refractivity contribution is -0.137. The first-order chi connectivity index (χ1) is 16.0. The summed E-state index contributed by atoms with van der Waals surface area (Å²) in [5, 5.41) is 14.8. The molecule has 0 saturated heterocycles. The molecule has 4 aromatic rings. The molecule has 0 radical (unpaired) electrons. The normalized spacial score (nSPS) is 11.6. The van der Waals surface area contributed by atoms with Crippen LogP contribution in [0.4, 0.5) is 18.9 Å². The number of nitrogens with zero attached hydrogens (tertiary/aromatic N) is 3. The lowest BCUT2D eigenvalue weighted by atomic mass is 10.1. The van der Waals surface area contributed by atoms with Gasteiger partial charge in [0.15, 0.2) is 0 Å². The third-order valence-corrected chi connectivity index (χ3v) is 5.98. The predicted octanol–water partition coefficient (Wildman–Crippen LogP) is 6.52. The van der Waals surface area contributed by atoms with Gasteiger partial charge in [-0.15, -0.1) is 0 Å². The molecule has 2 N–H and O–H groups in total. The van der Waals surface area contributed by atoms with Gasteiger partial charge in [0.2, 0.25) is 0 Å². The summed E-state index contributed by atoms with van der Waals surface area (Å²) in [5.74, 6) is -0.441. The number of benzene rings is 2. The molecule has 0 aliphatic rings. The Morgan fingerprint density at radius 2 is 1.85 bits per heavy atom. The van der Waals surface area contributed by atoms with E-state index in [0.717, 1.165) is 12.1 Å². The fraction of sp³-hybridized carbons (Fsp3) is 0.174. The van der Waals surface area contributed by atoms with Crippen molar-refractivity contribution < 1.29 is 18.0 Å². The number of carbonyl (C=O) groups excluding carboxylic acids is 1. The van der Waals surface area contributed by atoms with Gasteiger partial charge in [0.25, 0.3) is 5.91 Å². The molecule has 2 aromatic carbocycles. The van der Waals surface area contributed by atoms with Crippen LogP contribution in [-0.2, 0) is 12.7 Å². The molecule has 1 amide bonds. The van der Waals surface area contributed by atoms with Crippen LogP contribution in [0.2, 0.25) is 10.0 Å². The van der Waals surface area contributed by atoms with Gasteiger partial charge in [0, 0.05) is 5.56 Å². The van der Waals surface area contributed by atoms with E-state index in [2.05, 4.69) is 20.6 Å². The minimum Gasteiger partial charge on any atom is -0.318 e. The molecule has 0 saturated carbocycles. The summed E-state index contributed by atoms with van der Waals surface area (Å²) in [6.07, 6.45) is -4.43. The molecule has 11 heteroatoms. The van der Waals surface area contributed by atoms with Gasteiger partial charge >= 0.3 is 6.18 Å². The number of carbonyl (C=O) groups is 1. The summed E-state index contributed by atoms with van der Waals surface area (Å²) in [4.78, 5) is 12.8. The standard InChI is InChI=1S/C23H18Cl2F3N5O/c1-12-21(13(2)33(32-12)11-14-4-3-5-16(8-14)23(26,27)28)29-22(34)20-10-19(30-31-20)15-6-7-17(24)18(25)9-15/h3-10H,11H2,1-2H3,(H,29,34)(H,30,31). The van der Waals surface area contributed by atoms with Crippen molar-refractivity contribution in [3.05, 3.63) is 86.8 Å². The average molecular weight is 508 g/mol. The first kappa shape index (κ1) is 23.8. The second-order valence-corrected chi connectivity index (χ2v) is 8.47. The van der Waals surface area contributed by atoms with Gasteiger partial charge in [0.05, 0.1) is 44.9 Å². The van der Waals surface area contributed by atoms with Gasteiger partial charge in [-0.3, -0.25) is 14.6 Å². The monoisotopic (exact) mass is 507 g/mol. The number of amides is 1. The zero-order valence-corrected chi connectivity index (χ0v) is 19.5. The minimum absolute atomic E-state index is 0.123. The highest BCUT2D eigenvalue weighted by molar-refractivity contribution is 6.42. The van der Waals surface area contributed by atoms with Crippen LogP contribution in [0.5, 0.6) is 0 Å². The molecule has 4 rings (SSSR count). The summed E-state index contributed by atoms with van der Waals surface area (Å²) in [6.45, 7) is 3.56. The average Bonchev–Trinajstić information content (AvgIpc) is 3.37. The van der Waals surface area contributed by atoms with E-state index in [9.17, 15) is 18.0 Å². The highest BCUT2D eigenvalue weighted by atomic mass is 35.5. The van der Waals surface area contributed by atoms with Crippen molar-refractivity contribution in [3.63, 3.8) is 0 Å². The fourth-order valence-corrected chi connectivity index (χ4v) is 3.77. The van der Waals surface area contributed by atoms with Crippen molar-refractivity contribution in [2.24, 2.45) is 0 Å². The van der Waals surface area contributed by atoms with Crippen LogP contribution in [0.15, 0.2) is 48.5 Å². The summed E-state index contributed by atoms with van der Waals surface area (Å²) >= 11 is 12.0. The Labute approximate surface area is 202 Å². The number of rotatable bonds is 5. The zero-order chi connectivity index (χ0) is 24.6. The van der Waals surface area contributed by atoms with Crippen LogP contribution >= 0.6 is 23.2 Å². The maximum Gasteiger partial charge on any atom is 0.416 e. The Balaban J connectivity index is 1.53. The van der Waals surface area contributed by atoms with Crippen molar-refractivity contribution in [2.45, 2.75) is 26.6 Å². The number of H-pyrrole nitrogens is 1. The quantitative estimate of drug-likeness (QED) is 0.323. The van der Waals surface area contributed by atoms with Crippen LogP contribution in [0.25, 0.3) is 11.3 Å². The topological polar surface area (TPSA) is 75.6 Å². The van der Waals surface area contributed by atoms with Crippen molar-refractivity contribution >= 4 is 34.8 Å². The summed E-state index contributed by atoms with van der Waals surface area (Å²) in [7, 11) is 0. The van der Waals surface area contributed by atoms with Crippen LogP contribution < -0.4 is 5.32 Å². The van der Waals surface area contributed by atoms with Crippen LogP contribution in [0, 0.1) is 13.8 Å². The van der Waals surface area contributed by atoms with Crippen LogP contribution in [-0.4, -0.2) is 25.9 Å². The number of hydrogen-bond donors (Lipinski definition) is 2. The maximum atomic E-state index is 13.0. The van der Waals surface area contributed by atoms with E-state index in [1.807, 2.05) is 0 Å². The number of halogens is 5. The molecular formula is C23H18Cl2F3N5O. The molecule has 0 bridgehead atoms. The Kier molecular flexibility index (Phi) is 6.42. The van der Waals surface area contributed by atoms with E-state index in [1.165, 1.54) is 6.07 Å². The second-order valence-electron chi connectivity index (χ2n) is 7.65.